The number of hydrogen-bond acceptors (Lipinski definition) is 4. The van der Waals surface area contributed by atoms with E-state index in [1.165, 1.54) is 11.6 Å². The van der Waals surface area contributed by atoms with Crippen LogP contribution < -0.4 is 11.0 Å². The van der Waals surface area contributed by atoms with Gasteiger partial charge in [0.25, 0.3) is 5.56 Å². The molecule has 0 bridgehead atoms. The van der Waals surface area contributed by atoms with Crippen molar-refractivity contribution in [3.8, 4) is 0 Å². The second kappa shape index (κ2) is 8.02. The second-order valence-electron chi connectivity index (χ2n) is 6.14. The molecule has 0 unspecified atom stereocenters. The number of carbonyl (C=O) groups excluding carboxylic acids is 1. The van der Waals surface area contributed by atoms with E-state index < -0.39 is 0 Å². The van der Waals surface area contributed by atoms with Crippen LogP contribution in [0.4, 0.5) is 0 Å². The average molecular weight is 356 g/mol. The van der Waals surface area contributed by atoms with Crippen LogP contribution in [0.25, 0.3) is 0 Å². The van der Waals surface area contributed by atoms with E-state index in [4.69, 9.17) is 12.2 Å². The van der Waals surface area contributed by atoms with Crippen molar-refractivity contribution in [1.29, 1.82) is 0 Å². The molecule has 1 aromatic heterocycles. The molecule has 3 rings (SSSR count). The van der Waals surface area contributed by atoms with Crippen LogP contribution in [-0.2, 0) is 11.2 Å². The van der Waals surface area contributed by atoms with Crippen molar-refractivity contribution in [2.24, 2.45) is 5.10 Å². The number of aromatic nitrogens is 2. The molecular formula is C18H20N4O2S. The van der Waals surface area contributed by atoms with Crippen LogP contribution in [0.5, 0.6) is 0 Å². The highest BCUT2D eigenvalue weighted by atomic mass is 32.1. The van der Waals surface area contributed by atoms with Crippen LogP contribution in [-0.4, -0.2) is 21.6 Å². The Morgan fingerprint density at radius 2 is 2.04 bits per heavy atom. The highest BCUT2D eigenvalue weighted by Gasteiger charge is 2.22. The zero-order valence-electron chi connectivity index (χ0n) is 13.7. The van der Waals surface area contributed by atoms with Crippen molar-refractivity contribution in [3.63, 3.8) is 0 Å². The van der Waals surface area contributed by atoms with Gasteiger partial charge in [0.1, 0.15) is 0 Å². The van der Waals surface area contributed by atoms with E-state index in [0.29, 0.717) is 5.69 Å². The minimum atomic E-state index is -0.325. The molecule has 1 fully saturated rings. The molecule has 1 aliphatic carbocycles. The van der Waals surface area contributed by atoms with Crippen molar-refractivity contribution >= 4 is 23.8 Å². The molecule has 1 saturated carbocycles. The number of aromatic amines is 2. The number of H-pyrrole nitrogens is 2. The number of carbonyl (C=O) groups is 1. The minimum Gasteiger partial charge on any atom is -0.335 e. The van der Waals surface area contributed by atoms with Crippen LogP contribution in [0.2, 0.25) is 0 Å². The monoisotopic (exact) mass is 356 g/mol. The van der Waals surface area contributed by atoms with Crippen molar-refractivity contribution in [1.82, 2.24) is 15.4 Å². The first-order valence-corrected chi connectivity index (χ1v) is 8.75. The molecule has 1 aliphatic rings. The van der Waals surface area contributed by atoms with Gasteiger partial charge in [0.05, 0.1) is 6.42 Å². The maximum absolute atomic E-state index is 12.1. The summed E-state index contributed by atoms with van der Waals surface area (Å²) in [5, 5.41) is 4.37. The Bertz CT molecular complexity index is 857. The van der Waals surface area contributed by atoms with Gasteiger partial charge in [-0.05, 0) is 37.0 Å². The fourth-order valence-electron chi connectivity index (χ4n) is 3.13. The predicted octanol–water partition coefficient (Wildman–Crippen LogP) is 2.80. The van der Waals surface area contributed by atoms with Crippen molar-refractivity contribution < 1.29 is 4.79 Å². The Morgan fingerprint density at radius 1 is 1.24 bits per heavy atom. The lowest BCUT2D eigenvalue weighted by molar-refractivity contribution is -0.120. The molecule has 0 aliphatic heterocycles. The van der Waals surface area contributed by atoms with Crippen LogP contribution >= 0.6 is 12.2 Å². The third kappa shape index (κ3) is 4.73. The number of amides is 1. The zero-order chi connectivity index (χ0) is 17.6. The number of rotatable bonds is 4. The van der Waals surface area contributed by atoms with Gasteiger partial charge in [-0.15, -0.1) is 0 Å². The molecule has 1 amide bonds. The molecule has 6 nitrogen and oxygen atoms in total. The fraction of sp³-hybridized carbons (Fsp3) is 0.333. The van der Waals surface area contributed by atoms with Crippen molar-refractivity contribution in [2.45, 2.75) is 38.0 Å². The first-order valence-electron chi connectivity index (χ1n) is 8.34. The summed E-state index contributed by atoms with van der Waals surface area (Å²) in [6.07, 6.45) is 4.20. The second-order valence-corrected chi connectivity index (χ2v) is 6.55. The minimum absolute atomic E-state index is 0.0281. The highest BCUT2D eigenvalue weighted by Crippen LogP contribution is 2.30. The quantitative estimate of drug-likeness (QED) is 0.581. The summed E-state index contributed by atoms with van der Waals surface area (Å²) < 4.78 is 0.207. The Kier molecular flexibility index (Phi) is 5.55. The van der Waals surface area contributed by atoms with Crippen LogP contribution in [0.15, 0.2) is 46.3 Å². The summed E-state index contributed by atoms with van der Waals surface area (Å²) in [5.41, 5.74) is 5.00. The third-order valence-corrected chi connectivity index (χ3v) is 4.48. The summed E-state index contributed by atoms with van der Waals surface area (Å²) in [5.74, 6) is -0.0261. The van der Waals surface area contributed by atoms with E-state index in [1.807, 2.05) is 18.2 Å². The lowest BCUT2D eigenvalue weighted by atomic mass is 9.82. The Labute approximate surface area is 150 Å². The van der Waals surface area contributed by atoms with Crippen LogP contribution in [0, 0.1) is 4.77 Å². The molecule has 0 spiro atoms. The molecule has 3 N–H and O–H groups in total. The lowest BCUT2D eigenvalue weighted by Crippen LogP contribution is -2.26. The molecule has 25 heavy (non-hydrogen) atoms. The summed E-state index contributed by atoms with van der Waals surface area (Å²) in [7, 11) is 0. The van der Waals surface area contributed by atoms with E-state index in [1.54, 1.807) is 0 Å². The molecule has 0 saturated heterocycles. The van der Waals surface area contributed by atoms with Gasteiger partial charge >= 0.3 is 0 Å². The van der Waals surface area contributed by atoms with Gasteiger partial charge in [-0.1, -0.05) is 36.8 Å². The lowest BCUT2D eigenvalue weighted by Gasteiger charge is -2.24. The van der Waals surface area contributed by atoms with Gasteiger partial charge in [-0.25, -0.2) is 5.43 Å². The van der Waals surface area contributed by atoms with Crippen molar-refractivity contribution in [3.05, 3.63) is 62.8 Å². The summed E-state index contributed by atoms with van der Waals surface area (Å²) in [4.78, 5) is 28.8. The largest absolute Gasteiger partial charge is 0.335 e. The zero-order valence-corrected chi connectivity index (χ0v) is 14.6. The molecular weight excluding hydrogens is 336 g/mol. The molecule has 0 radical (unpaired) electrons. The highest BCUT2D eigenvalue weighted by molar-refractivity contribution is 7.71. The first kappa shape index (κ1) is 17.3. The summed E-state index contributed by atoms with van der Waals surface area (Å²) in [6, 6.07) is 11.6. The molecule has 2 aromatic rings. The van der Waals surface area contributed by atoms with Gasteiger partial charge in [-0.3, -0.25) is 14.6 Å². The predicted molar refractivity (Wildman–Crippen MR) is 99.2 cm³/mol. The molecule has 1 heterocycles. The normalized spacial score (nSPS) is 18.9. The summed E-state index contributed by atoms with van der Waals surface area (Å²) in [6.45, 7) is 0. The van der Waals surface area contributed by atoms with Gasteiger partial charge in [0.2, 0.25) is 5.91 Å². The van der Waals surface area contributed by atoms with Gasteiger partial charge in [0.15, 0.2) is 4.77 Å². The van der Waals surface area contributed by atoms with Gasteiger partial charge < -0.3 is 4.98 Å². The fourth-order valence-corrected chi connectivity index (χ4v) is 3.37. The average Bonchev–Trinajstić information content (AvgIpc) is 2.60. The van der Waals surface area contributed by atoms with Crippen LogP contribution in [0.1, 0.15) is 42.9 Å². The number of hydrazone groups is 1. The maximum Gasteiger partial charge on any atom is 0.251 e. The van der Waals surface area contributed by atoms with Crippen LogP contribution in [0.3, 0.4) is 0 Å². The van der Waals surface area contributed by atoms with Gasteiger partial charge in [-0.2, -0.15) is 5.10 Å². The van der Waals surface area contributed by atoms with Crippen molar-refractivity contribution in [2.75, 3.05) is 0 Å². The van der Waals surface area contributed by atoms with E-state index in [-0.39, 0.29) is 28.6 Å². The van der Waals surface area contributed by atoms with Gasteiger partial charge in [0, 0.05) is 23.4 Å². The smallest absolute Gasteiger partial charge is 0.251 e. The van der Waals surface area contributed by atoms with E-state index in [9.17, 15) is 9.59 Å². The number of hydrogen-bond donors (Lipinski definition) is 3. The molecule has 1 aromatic carbocycles. The summed E-state index contributed by atoms with van der Waals surface area (Å²) >= 11 is 4.91. The Balaban J connectivity index is 1.69. The third-order valence-electron chi connectivity index (χ3n) is 4.27. The molecule has 130 valence electrons. The Hall–Kier alpha value is -2.54. The molecule has 7 heteroatoms. The number of nitrogens with one attached hydrogen (secondary N) is 3. The van der Waals surface area contributed by atoms with E-state index in [2.05, 4.69) is 32.6 Å². The standard InChI is InChI=1S/C18H20N4O2S/c23-16-10-13(19-18(25)20-16)11-17(24)22-21-15-9-5-4-8-14(15)12-6-2-1-3-7-12/h1-3,6-7,10,14H,4-5,8-9,11H2,(H,22,24)(H2,19,20,23,25)/b21-15-/t14-/m0/s1. The Morgan fingerprint density at radius 3 is 2.80 bits per heavy atom. The van der Waals surface area contributed by atoms with E-state index in [0.717, 1.165) is 31.4 Å². The first-order chi connectivity index (χ1) is 12.1. The number of benzene rings is 1. The van der Waals surface area contributed by atoms with E-state index >= 15 is 0 Å². The maximum atomic E-state index is 12.1. The topological polar surface area (TPSA) is 90.1 Å². The molecule has 1 atom stereocenters. The SMILES string of the molecule is O=C(Cc1cc(=O)[nH]c(=S)[nH]1)N/N=C1/CCCC[C@H]1c1ccccc1. The number of nitrogens with zero attached hydrogens (tertiary/aromatic N) is 1.